The summed E-state index contributed by atoms with van der Waals surface area (Å²) in [6.45, 7) is 0. The first kappa shape index (κ1) is 7.91. The fraction of sp³-hybridized carbons (Fsp3) is 0.857. The van der Waals surface area contributed by atoms with E-state index in [4.69, 9.17) is 5.11 Å². The fourth-order valence-electron chi connectivity index (χ4n) is 2.12. The van der Waals surface area contributed by atoms with Crippen molar-refractivity contribution in [1.82, 2.24) is 5.32 Å². The van der Waals surface area contributed by atoms with Gasteiger partial charge in [0, 0.05) is 6.42 Å². The lowest BCUT2D eigenvalue weighted by atomic mass is 9.99. The van der Waals surface area contributed by atoms with Gasteiger partial charge < -0.3 is 5.11 Å². The molecule has 0 radical (unpaired) electrons. The first-order chi connectivity index (χ1) is 5.50. The van der Waals surface area contributed by atoms with Crippen LogP contribution in [0.5, 0.6) is 0 Å². The molecule has 2 bridgehead atoms. The number of fused-ring (bicyclic) bond motifs is 2. The average Bonchev–Trinajstić information content (AvgIpc) is 2.40. The van der Waals surface area contributed by atoms with E-state index in [9.17, 15) is 13.6 Å². The molecule has 2 aliphatic rings. The van der Waals surface area contributed by atoms with Gasteiger partial charge in [0.2, 0.25) is 0 Å². The zero-order chi connectivity index (χ0) is 8.93. The van der Waals surface area contributed by atoms with Gasteiger partial charge in [-0.2, -0.15) is 0 Å². The molecule has 68 valence electrons. The van der Waals surface area contributed by atoms with Gasteiger partial charge >= 0.3 is 5.97 Å². The summed E-state index contributed by atoms with van der Waals surface area (Å²) in [7, 11) is 0. The van der Waals surface area contributed by atoms with E-state index in [1.165, 1.54) is 0 Å². The second-order valence-corrected chi connectivity index (χ2v) is 3.50. The number of alkyl halides is 2. The minimum atomic E-state index is -2.70. The van der Waals surface area contributed by atoms with Gasteiger partial charge in [-0.15, -0.1) is 0 Å². The molecule has 5 heteroatoms. The second-order valence-electron chi connectivity index (χ2n) is 3.50. The van der Waals surface area contributed by atoms with Gasteiger partial charge in [0.05, 0.1) is 6.04 Å². The third-order valence-corrected chi connectivity index (χ3v) is 2.70. The standard InChI is InChI=1S/C7H9F2NO2/c8-7(9)2-3-1-4(7)10-5(3)6(11)12/h3-5,10H,1-2H2,(H,11,12)/t3?,4?,5-/m0/s1. The summed E-state index contributed by atoms with van der Waals surface area (Å²) >= 11 is 0. The molecule has 12 heavy (non-hydrogen) atoms. The third kappa shape index (κ3) is 0.924. The summed E-state index contributed by atoms with van der Waals surface area (Å²) in [5.41, 5.74) is 0. The lowest BCUT2D eigenvalue weighted by Crippen LogP contribution is -2.50. The van der Waals surface area contributed by atoms with Crippen LogP contribution in [-0.2, 0) is 4.79 Å². The number of nitrogens with one attached hydrogen (secondary N) is 1. The van der Waals surface area contributed by atoms with Crippen molar-refractivity contribution in [3.63, 3.8) is 0 Å². The van der Waals surface area contributed by atoms with Crippen LogP contribution in [0.25, 0.3) is 0 Å². The van der Waals surface area contributed by atoms with E-state index in [0.29, 0.717) is 6.42 Å². The molecule has 2 N–H and O–H groups in total. The quantitative estimate of drug-likeness (QED) is 0.611. The zero-order valence-corrected chi connectivity index (χ0v) is 6.26. The normalized spacial score (nSPS) is 43.3. The van der Waals surface area contributed by atoms with Crippen molar-refractivity contribution in [3.8, 4) is 0 Å². The van der Waals surface area contributed by atoms with Crippen molar-refractivity contribution in [2.45, 2.75) is 30.8 Å². The van der Waals surface area contributed by atoms with Gasteiger partial charge in [0.1, 0.15) is 6.04 Å². The van der Waals surface area contributed by atoms with Crippen LogP contribution in [0.15, 0.2) is 0 Å². The third-order valence-electron chi connectivity index (χ3n) is 2.70. The minimum Gasteiger partial charge on any atom is -0.480 e. The van der Waals surface area contributed by atoms with Crippen LogP contribution in [0.4, 0.5) is 8.78 Å². The number of halogens is 2. The highest BCUT2D eigenvalue weighted by atomic mass is 19.3. The van der Waals surface area contributed by atoms with Gasteiger partial charge in [-0.05, 0) is 12.3 Å². The highest BCUT2D eigenvalue weighted by Crippen LogP contribution is 2.45. The lowest BCUT2D eigenvalue weighted by Gasteiger charge is -2.26. The maximum absolute atomic E-state index is 12.8. The van der Waals surface area contributed by atoms with Crippen molar-refractivity contribution in [2.24, 2.45) is 5.92 Å². The molecule has 0 amide bonds. The second kappa shape index (κ2) is 2.16. The molecule has 2 unspecified atom stereocenters. The molecule has 0 spiro atoms. The Bertz CT molecular complexity index is 231. The predicted molar refractivity (Wildman–Crippen MR) is 36.0 cm³/mol. The average molecular weight is 177 g/mol. The van der Waals surface area contributed by atoms with Crippen molar-refractivity contribution in [3.05, 3.63) is 0 Å². The number of carbonyl (C=O) groups is 1. The van der Waals surface area contributed by atoms with Gasteiger partial charge in [-0.3, -0.25) is 10.1 Å². The Labute approximate surface area is 67.8 Å². The number of carboxylic acids is 1. The number of carboxylic acid groups (broad SMARTS) is 1. The molecule has 1 heterocycles. The van der Waals surface area contributed by atoms with Crippen LogP contribution in [0.1, 0.15) is 12.8 Å². The Morgan fingerprint density at radius 2 is 2.25 bits per heavy atom. The highest BCUT2D eigenvalue weighted by Gasteiger charge is 2.58. The summed E-state index contributed by atoms with van der Waals surface area (Å²) in [5, 5.41) is 11.0. The Balaban J connectivity index is 2.13. The zero-order valence-electron chi connectivity index (χ0n) is 6.26. The Morgan fingerprint density at radius 1 is 1.58 bits per heavy atom. The van der Waals surface area contributed by atoms with E-state index in [2.05, 4.69) is 5.32 Å². The summed E-state index contributed by atoms with van der Waals surface area (Å²) in [4.78, 5) is 10.5. The molecule has 0 aromatic rings. The van der Waals surface area contributed by atoms with E-state index < -0.39 is 24.0 Å². The van der Waals surface area contributed by atoms with Gasteiger partial charge in [0.25, 0.3) is 5.92 Å². The van der Waals surface area contributed by atoms with E-state index in [1.807, 2.05) is 0 Å². The topological polar surface area (TPSA) is 49.3 Å². The van der Waals surface area contributed by atoms with Crippen LogP contribution in [0.2, 0.25) is 0 Å². The molecule has 3 nitrogen and oxygen atoms in total. The molecule has 3 atom stereocenters. The molecule has 1 aliphatic carbocycles. The van der Waals surface area contributed by atoms with Crippen molar-refractivity contribution in [1.29, 1.82) is 0 Å². The first-order valence-corrected chi connectivity index (χ1v) is 3.87. The Kier molecular flexibility index (Phi) is 1.42. The molecule has 1 aliphatic heterocycles. The van der Waals surface area contributed by atoms with Crippen LogP contribution in [0.3, 0.4) is 0 Å². The largest absolute Gasteiger partial charge is 0.480 e. The number of piperidine rings is 1. The molecule has 2 fully saturated rings. The minimum absolute atomic E-state index is 0.276. The van der Waals surface area contributed by atoms with Crippen LogP contribution in [0, 0.1) is 5.92 Å². The van der Waals surface area contributed by atoms with Crippen molar-refractivity contribution < 1.29 is 18.7 Å². The fourth-order valence-corrected chi connectivity index (χ4v) is 2.12. The van der Waals surface area contributed by atoms with E-state index in [1.54, 1.807) is 0 Å². The summed E-state index contributed by atoms with van der Waals surface area (Å²) in [6.07, 6.45) is 0.0194. The predicted octanol–water partition coefficient (Wildman–Crippen LogP) is 0.457. The molecule has 2 rings (SSSR count). The van der Waals surface area contributed by atoms with E-state index in [-0.39, 0.29) is 12.3 Å². The summed E-state index contributed by atoms with van der Waals surface area (Å²) in [6, 6.07) is -1.67. The van der Waals surface area contributed by atoms with Gasteiger partial charge in [-0.25, -0.2) is 8.78 Å². The lowest BCUT2D eigenvalue weighted by molar-refractivity contribution is -0.142. The van der Waals surface area contributed by atoms with Crippen LogP contribution < -0.4 is 5.32 Å². The molecule has 0 aromatic heterocycles. The molecular formula is C7H9F2NO2. The highest BCUT2D eigenvalue weighted by molar-refractivity contribution is 5.74. The first-order valence-electron chi connectivity index (χ1n) is 3.87. The Hall–Kier alpha value is -0.710. The van der Waals surface area contributed by atoms with Crippen LogP contribution in [-0.4, -0.2) is 29.1 Å². The van der Waals surface area contributed by atoms with Crippen molar-refractivity contribution >= 4 is 5.97 Å². The van der Waals surface area contributed by atoms with E-state index >= 15 is 0 Å². The summed E-state index contributed by atoms with van der Waals surface area (Å²) in [5.74, 6) is -4.10. The maximum atomic E-state index is 12.8. The molecule has 0 aromatic carbocycles. The molecule has 1 saturated heterocycles. The van der Waals surface area contributed by atoms with Crippen LogP contribution >= 0.6 is 0 Å². The van der Waals surface area contributed by atoms with Gasteiger partial charge in [-0.1, -0.05) is 0 Å². The maximum Gasteiger partial charge on any atom is 0.320 e. The van der Waals surface area contributed by atoms with Crippen molar-refractivity contribution in [2.75, 3.05) is 0 Å². The Morgan fingerprint density at radius 3 is 2.58 bits per heavy atom. The number of rotatable bonds is 1. The molecule has 1 saturated carbocycles. The molecular weight excluding hydrogens is 168 g/mol. The SMILES string of the molecule is O=C(O)[C@H]1NC2CC1CC2(F)F. The number of aliphatic carboxylic acids is 1. The monoisotopic (exact) mass is 177 g/mol. The number of hydrogen-bond donors (Lipinski definition) is 2. The summed E-state index contributed by atoms with van der Waals surface area (Å²) < 4.78 is 25.6. The smallest absolute Gasteiger partial charge is 0.320 e. The number of hydrogen-bond acceptors (Lipinski definition) is 2. The van der Waals surface area contributed by atoms with E-state index in [0.717, 1.165) is 0 Å². The van der Waals surface area contributed by atoms with Gasteiger partial charge in [0.15, 0.2) is 0 Å².